The lowest BCUT2D eigenvalue weighted by Gasteiger charge is -2.13. The normalized spacial score (nSPS) is 14.5. The van der Waals surface area contributed by atoms with Crippen molar-refractivity contribution in [3.8, 4) is 0 Å². The van der Waals surface area contributed by atoms with Gasteiger partial charge in [0.1, 0.15) is 5.70 Å². The van der Waals surface area contributed by atoms with Crippen LogP contribution in [0.3, 0.4) is 0 Å². The smallest absolute Gasteiger partial charge is 0.342 e. The van der Waals surface area contributed by atoms with Crippen molar-refractivity contribution in [3.05, 3.63) is 11.4 Å². The van der Waals surface area contributed by atoms with Crippen LogP contribution in [0.15, 0.2) is 11.4 Å². The van der Waals surface area contributed by atoms with Crippen molar-refractivity contribution in [1.29, 1.82) is 0 Å². The van der Waals surface area contributed by atoms with Crippen LogP contribution in [0.5, 0.6) is 0 Å². The average Bonchev–Trinajstić information content (AvgIpc) is 1.60. The number of nitrogens with two attached hydrogens (primary N) is 1. The highest BCUT2D eigenvalue weighted by Crippen LogP contribution is 2.29. The number of hydrogen-bond acceptors (Lipinski definition) is 2. The second kappa shape index (κ2) is 3.18. The molecular weight excluding hydrogens is 206 g/mol. The molecule has 0 aliphatic carbocycles. The minimum Gasteiger partial charge on any atom is -0.401 e. The topological polar surface area (TPSA) is 38.0 Å². The van der Waals surface area contributed by atoms with Crippen molar-refractivity contribution < 1.29 is 8.78 Å². The summed E-state index contributed by atoms with van der Waals surface area (Å²) in [4.78, 5) is -3.05. The van der Waals surface area contributed by atoms with Gasteiger partial charge in [0, 0.05) is 12.7 Å². The molecule has 0 aliphatic rings. The summed E-state index contributed by atoms with van der Waals surface area (Å²) >= 11 is 2.17. The summed E-state index contributed by atoms with van der Waals surface area (Å²) in [6, 6.07) is 0. The molecule has 0 saturated heterocycles. The Morgan fingerprint density at radius 2 is 2.00 bits per heavy atom. The molecule has 0 bridgehead atoms. The van der Waals surface area contributed by atoms with Gasteiger partial charge in [-0.1, -0.05) is 0 Å². The molecule has 0 rings (SSSR count). The molecule has 0 saturated carbocycles. The molecule has 0 unspecified atom stereocenters. The summed E-state index contributed by atoms with van der Waals surface area (Å²) in [5.74, 6) is 0. The molecule has 0 spiro atoms. The molecule has 3 N–H and O–H groups in total. The van der Waals surface area contributed by atoms with Gasteiger partial charge in [-0.3, -0.25) is 0 Å². The van der Waals surface area contributed by atoms with Crippen LogP contribution in [-0.4, -0.2) is 11.9 Å². The van der Waals surface area contributed by atoms with Crippen molar-refractivity contribution in [1.82, 2.24) is 5.32 Å². The van der Waals surface area contributed by atoms with Gasteiger partial charge in [-0.05, 0) is 22.9 Å². The van der Waals surface area contributed by atoms with Gasteiger partial charge in [0.15, 0.2) is 0 Å². The number of nitrogens with one attached hydrogen (secondary N) is 1. The van der Waals surface area contributed by atoms with Crippen LogP contribution >= 0.6 is 15.9 Å². The van der Waals surface area contributed by atoms with Gasteiger partial charge in [0.25, 0.3) is 0 Å². The van der Waals surface area contributed by atoms with E-state index in [-0.39, 0.29) is 11.4 Å². The van der Waals surface area contributed by atoms with E-state index in [0.717, 1.165) is 0 Å². The van der Waals surface area contributed by atoms with Crippen LogP contribution in [-0.2, 0) is 0 Å². The molecule has 0 heterocycles. The lowest BCUT2D eigenvalue weighted by Crippen LogP contribution is -2.25. The van der Waals surface area contributed by atoms with Crippen molar-refractivity contribution in [2.75, 3.05) is 7.05 Å². The van der Waals surface area contributed by atoms with E-state index in [1.54, 1.807) is 0 Å². The molecule has 0 atom stereocenters. The Bertz CT molecular complexity index is 146. The minimum atomic E-state index is -3.05. The van der Waals surface area contributed by atoms with Gasteiger partial charge >= 0.3 is 4.83 Å². The zero-order valence-electron chi connectivity index (χ0n) is 5.71. The zero-order chi connectivity index (χ0) is 8.36. The fourth-order valence-electron chi connectivity index (χ4n) is 0.562. The second-order valence-electron chi connectivity index (χ2n) is 1.81. The quantitative estimate of drug-likeness (QED) is 0.683. The average molecular weight is 215 g/mol. The van der Waals surface area contributed by atoms with Crippen molar-refractivity contribution in [3.63, 3.8) is 0 Å². The van der Waals surface area contributed by atoms with Gasteiger partial charge in [0.2, 0.25) is 0 Å². The van der Waals surface area contributed by atoms with E-state index in [1.807, 2.05) is 0 Å². The van der Waals surface area contributed by atoms with E-state index in [4.69, 9.17) is 5.73 Å². The molecule has 10 heavy (non-hydrogen) atoms. The SMILES string of the molecule is CN/C(=C(/C)N)C(F)(F)Br. The van der Waals surface area contributed by atoms with Crippen LogP contribution in [0, 0.1) is 0 Å². The predicted octanol–water partition coefficient (Wildman–Crippen LogP) is 1.38. The van der Waals surface area contributed by atoms with Crippen LogP contribution in [0.4, 0.5) is 8.78 Å². The van der Waals surface area contributed by atoms with Crippen molar-refractivity contribution in [2.45, 2.75) is 11.8 Å². The van der Waals surface area contributed by atoms with E-state index >= 15 is 0 Å². The Balaban J connectivity index is 4.55. The molecule has 5 heteroatoms. The Morgan fingerprint density at radius 1 is 1.60 bits per heavy atom. The standard InChI is InChI=1S/C5H9BrF2N2/c1-3(9)4(10-2)5(6,7)8/h10H,9H2,1-2H3/b4-3-. The molecular formula is C5H9BrF2N2. The van der Waals surface area contributed by atoms with Crippen molar-refractivity contribution >= 4 is 15.9 Å². The summed E-state index contributed by atoms with van der Waals surface area (Å²) in [7, 11) is 1.39. The number of allylic oxidation sites excluding steroid dienone is 2. The summed E-state index contributed by atoms with van der Waals surface area (Å²) in [5, 5.41) is 2.30. The Hall–Kier alpha value is -0.320. The van der Waals surface area contributed by atoms with Gasteiger partial charge in [-0.15, -0.1) is 0 Å². The van der Waals surface area contributed by atoms with E-state index in [2.05, 4.69) is 21.2 Å². The third-order valence-corrected chi connectivity index (χ3v) is 1.32. The third-order valence-electron chi connectivity index (χ3n) is 0.928. The summed E-state index contributed by atoms with van der Waals surface area (Å²) < 4.78 is 24.7. The van der Waals surface area contributed by atoms with Crippen LogP contribution in [0.1, 0.15) is 6.92 Å². The van der Waals surface area contributed by atoms with E-state index in [9.17, 15) is 8.78 Å². The van der Waals surface area contributed by atoms with E-state index in [0.29, 0.717) is 0 Å². The maximum atomic E-state index is 12.4. The Morgan fingerprint density at radius 3 is 2.00 bits per heavy atom. The molecule has 2 nitrogen and oxygen atoms in total. The van der Waals surface area contributed by atoms with Gasteiger partial charge in [-0.25, -0.2) is 0 Å². The van der Waals surface area contributed by atoms with Gasteiger partial charge in [0.05, 0.1) is 0 Å². The first-order chi connectivity index (χ1) is 4.39. The molecule has 0 amide bonds. The first kappa shape index (κ1) is 9.68. The van der Waals surface area contributed by atoms with E-state index < -0.39 is 4.83 Å². The van der Waals surface area contributed by atoms with Gasteiger partial charge < -0.3 is 11.1 Å². The summed E-state index contributed by atoms with van der Waals surface area (Å²) in [5.41, 5.74) is 4.92. The lowest BCUT2D eigenvalue weighted by atomic mass is 10.3. The molecule has 0 fully saturated rings. The maximum Gasteiger partial charge on any atom is 0.342 e. The molecule has 0 aromatic carbocycles. The minimum absolute atomic E-state index is 0.0735. The van der Waals surface area contributed by atoms with E-state index in [1.165, 1.54) is 14.0 Å². The van der Waals surface area contributed by atoms with Gasteiger partial charge in [-0.2, -0.15) is 8.78 Å². The Labute approximate surface area is 66.6 Å². The second-order valence-corrected chi connectivity index (χ2v) is 2.80. The zero-order valence-corrected chi connectivity index (χ0v) is 7.30. The molecule has 0 aromatic heterocycles. The highest BCUT2D eigenvalue weighted by molar-refractivity contribution is 9.10. The predicted molar refractivity (Wildman–Crippen MR) is 39.8 cm³/mol. The molecule has 0 aromatic rings. The molecule has 0 aliphatic heterocycles. The Kier molecular flexibility index (Phi) is 3.08. The molecule has 60 valence electrons. The van der Waals surface area contributed by atoms with Crippen molar-refractivity contribution in [2.24, 2.45) is 5.73 Å². The number of rotatable bonds is 2. The monoisotopic (exact) mass is 214 g/mol. The number of hydrogen-bond donors (Lipinski definition) is 2. The summed E-state index contributed by atoms with van der Waals surface area (Å²) in [6.07, 6.45) is 0. The fraction of sp³-hybridized carbons (Fsp3) is 0.600. The maximum absolute atomic E-state index is 12.4. The largest absolute Gasteiger partial charge is 0.401 e. The lowest BCUT2D eigenvalue weighted by molar-refractivity contribution is 0.147. The van der Waals surface area contributed by atoms with Crippen LogP contribution < -0.4 is 11.1 Å². The third kappa shape index (κ3) is 2.51. The fourth-order valence-corrected chi connectivity index (χ4v) is 1.07. The number of alkyl halides is 3. The van der Waals surface area contributed by atoms with Crippen LogP contribution in [0.2, 0.25) is 0 Å². The highest BCUT2D eigenvalue weighted by atomic mass is 79.9. The first-order valence-corrected chi connectivity index (χ1v) is 3.40. The highest BCUT2D eigenvalue weighted by Gasteiger charge is 2.30. The number of halogens is 3. The first-order valence-electron chi connectivity index (χ1n) is 2.61. The molecule has 0 radical (unpaired) electrons. The summed E-state index contributed by atoms with van der Waals surface area (Å²) in [6.45, 7) is 1.40. The van der Waals surface area contributed by atoms with Crippen LogP contribution in [0.25, 0.3) is 0 Å².